The molecule has 0 radical (unpaired) electrons. The lowest BCUT2D eigenvalue weighted by atomic mass is 9.80. The number of hydrogen-bond acceptors (Lipinski definition) is 10. The highest BCUT2D eigenvalue weighted by atomic mass is 16.6. The van der Waals surface area contributed by atoms with Crippen LogP contribution in [0.4, 0.5) is 0 Å². The lowest BCUT2D eigenvalue weighted by molar-refractivity contribution is -0.484. The number of rotatable bonds is 14. The maximum absolute atomic E-state index is 13.6. The van der Waals surface area contributed by atoms with Crippen LogP contribution in [0.2, 0.25) is 0 Å². The number of methoxy groups -OCH3 is 2. The fourth-order valence-corrected chi connectivity index (χ4v) is 4.42. The number of ether oxygens (including phenoxy) is 4. The molecule has 3 rings (SSSR count). The summed E-state index contributed by atoms with van der Waals surface area (Å²) in [6.07, 6.45) is 5.26. The van der Waals surface area contributed by atoms with Crippen LogP contribution < -0.4 is 18.9 Å². The summed E-state index contributed by atoms with van der Waals surface area (Å²) in [7, 11) is 2.78. The molecule has 0 bridgehead atoms. The van der Waals surface area contributed by atoms with Gasteiger partial charge in [0.1, 0.15) is 0 Å². The number of benzene rings is 3. The molecule has 0 fully saturated rings. The van der Waals surface area contributed by atoms with Crippen molar-refractivity contribution in [1.82, 2.24) is 0 Å². The Balaban J connectivity index is 1.99. The van der Waals surface area contributed by atoms with E-state index in [0.29, 0.717) is 16.7 Å². The van der Waals surface area contributed by atoms with Crippen molar-refractivity contribution in [2.75, 3.05) is 20.8 Å². The van der Waals surface area contributed by atoms with E-state index in [2.05, 4.69) is 0 Å². The van der Waals surface area contributed by atoms with Crippen molar-refractivity contribution in [3.05, 3.63) is 106 Å². The van der Waals surface area contributed by atoms with Gasteiger partial charge in [0.15, 0.2) is 34.6 Å². The summed E-state index contributed by atoms with van der Waals surface area (Å²) >= 11 is 0. The van der Waals surface area contributed by atoms with E-state index in [0.717, 1.165) is 0 Å². The first kappa shape index (κ1) is 32.9. The maximum Gasteiger partial charge on any atom is 0.308 e. The first-order valence-corrected chi connectivity index (χ1v) is 13.4. The van der Waals surface area contributed by atoms with E-state index in [1.54, 1.807) is 42.5 Å². The lowest BCUT2D eigenvalue weighted by Crippen LogP contribution is -2.32. The monoisotopic (exact) mass is 601 g/mol. The SMILES string of the molecule is COc1cc(/C=C/C(=O)C(C(=O)/C=C/c2ccc(OC(C)=O)c(OC)c2)[C@H](C[N+](=O)[O-])c2ccccc2)ccc1OC(C)=O. The molecule has 0 saturated heterocycles. The van der Waals surface area contributed by atoms with Crippen LogP contribution in [0.5, 0.6) is 23.0 Å². The summed E-state index contributed by atoms with van der Waals surface area (Å²) in [4.78, 5) is 61.2. The van der Waals surface area contributed by atoms with Crippen LogP contribution in [0.3, 0.4) is 0 Å². The standard InChI is InChI=1S/C33H31NO10/c1-21(35)43-29-16-12-23(18-31(29)41-3)10-14-27(37)33(26(20-34(39)40)25-8-6-5-7-9-25)28(38)15-11-24-13-17-30(44-22(2)36)32(19-24)42-4/h5-19,26,33H,20H2,1-4H3/b14-10+,15-11+/t26-/m1/s1. The molecule has 11 nitrogen and oxygen atoms in total. The Morgan fingerprint density at radius 3 is 1.57 bits per heavy atom. The van der Waals surface area contributed by atoms with Gasteiger partial charge >= 0.3 is 11.9 Å². The number of carbonyl (C=O) groups is 4. The van der Waals surface area contributed by atoms with Gasteiger partial charge in [-0.05, 0) is 53.1 Å². The molecule has 228 valence electrons. The normalized spacial score (nSPS) is 11.8. The van der Waals surface area contributed by atoms with Crippen LogP contribution in [-0.4, -0.2) is 49.2 Å². The van der Waals surface area contributed by atoms with E-state index < -0.39 is 46.8 Å². The largest absolute Gasteiger partial charge is 0.493 e. The second kappa shape index (κ2) is 15.6. The first-order chi connectivity index (χ1) is 21.0. The second-order valence-corrected chi connectivity index (χ2v) is 9.49. The van der Waals surface area contributed by atoms with Gasteiger partial charge in [-0.2, -0.15) is 0 Å². The molecule has 0 aliphatic carbocycles. The van der Waals surface area contributed by atoms with Crippen molar-refractivity contribution < 1.29 is 43.0 Å². The van der Waals surface area contributed by atoms with Gasteiger partial charge in [0, 0.05) is 18.8 Å². The Morgan fingerprint density at radius 2 is 1.18 bits per heavy atom. The smallest absolute Gasteiger partial charge is 0.308 e. The number of allylic oxidation sites excluding steroid dienone is 2. The third-order valence-electron chi connectivity index (χ3n) is 6.35. The van der Waals surface area contributed by atoms with Crippen molar-refractivity contribution in [3.63, 3.8) is 0 Å². The van der Waals surface area contributed by atoms with Gasteiger partial charge in [0.2, 0.25) is 6.54 Å². The Hall–Kier alpha value is -5.58. The molecule has 0 amide bonds. The zero-order chi connectivity index (χ0) is 32.2. The average molecular weight is 602 g/mol. The summed E-state index contributed by atoms with van der Waals surface area (Å²) in [6, 6.07) is 17.6. The Labute approximate surface area is 253 Å². The molecule has 11 heteroatoms. The van der Waals surface area contributed by atoms with E-state index in [-0.39, 0.29) is 23.0 Å². The zero-order valence-electron chi connectivity index (χ0n) is 24.6. The van der Waals surface area contributed by atoms with Gasteiger partial charge in [0.05, 0.1) is 26.1 Å². The van der Waals surface area contributed by atoms with Crippen molar-refractivity contribution >= 4 is 35.7 Å². The minimum Gasteiger partial charge on any atom is -0.493 e. The van der Waals surface area contributed by atoms with Crippen LogP contribution in [0.25, 0.3) is 12.2 Å². The minimum absolute atomic E-state index is 0.189. The molecule has 0 saturated carbocycles. The Bertz CT molecular complexity index is 1500. The van der Waals surface area contributed by atoms with Crippen LogP contribution in [0.15, 0.2) is 78.9 Å². The van der Waals surface area contributed by atoms with Crippen molar-refractivity contribution in [2.45, 2.75) is 19.8 Å². The lowest BCUT2D eigenvalue weighted by Gasteiger charge is -2.21. The van der Waals surface area contributed by atoms with E-state index in [9.17, 15) is 29.3 Å². The molecule has 0 aliphatic rings. The quantitative estimate of drug-likeness (QED) is 0.0610. The number of carbonyl (C=O) groups excluding carboxylic acids is 4. The highest BCUT2D eigenvalue weighted by Crippen LogP contribution is 2.32. The maximum atomic E-state index is 13.6. The first-order valence-electron chi connectivity index (χ1n) is 13.4. The highest BCUT2D eigenvalue weighted by Gasteiger charge is 2.36. The molecule has 0 aromatic heterocycles. The molecule has 0 unspecified atom stereocenters. The number of esters is 2. The Morgan fingerprint density at radius 1 is 0.727 bits per heavy atom. The summed E-state index contributed by atoms with van der Waals surface area (Å²) in [6.45, 7) is 1.84. The van der Waals surface area contributed by atoms with Gasteiger partial charge in [-0.1, -0.05) is 54.6 Å². The van der Waals surface area contributed by atoms with Crippen LogP contribution in [-0.2, 0) is 19.2 Å². The molecule has 0 N–H and O–H groups in total. The zero-order valence-corrected chi connectivity index (χ0v) is 24.6. The van der Waals surface area contributed by atoms with Crippen LogP contribution in [0.1, 0.15) is 36.5 Å². The third kappa shape index (κ3) is 9.21. The second-order valence-electron chi connectivity index (χ2n) is 9.49. The predicted molar refractivity (Wildman–Crippen MR) is 161 cm³/mol. The summed E-state index contributed by atoms with van der Waals surface area (Å²) in [5.74, 6) is -4.00. The molecule has 3 aromatic carbocycles. The number of nitrogens with zero attached hydrogens (tertiary/aromatic N) is 1. The van der Waals surface area contributed by atoms with Crippen molar-refractivity contribution in [1.29, 1.82) is 0 Å². The van der Waals surface area contributed by atoms with Crippen molar-refractivity contribution in [3.8, 4) is 23.0 Å². The van der Waals surface area contributed by atoms with Gasteiger partial charge in [-0.25, -0.2) is 0 Å². The molecule has 0 heterocycles. The molecular formula is C33H31NO10. The number of ketones is 2. The summed E-state index contributed by atoms with van der Waals surface area (Å²) < 4.78 is 20.7. The molecule has 0 spiro atoms. The van der Waals surface area contributed by atoms with Gasteiger partial charge in [0.25, 0.3) is 0 Å². The minimum atomic E-state index is -1.43. The summed E-state index contributed by atoms with van der Waals surface area (Å²) in [5, 5.41) is 11.7. The highest BCUT2D eigenvalue weighted by molar-refractivity contribution is 6.14. The van der Waals surface area contributed by atoms with E-state index >= 15 is 0 Å². The van der Waals surface area contributed by atoms with Crippen molar-refractivity contribution in [2.24, 2.45) is 5.92 Å². The number of nitro groups is 1. The topological polar surface area (TPSA) is 148 Å². The van der Waals surface area contributed by atoms with Crippen LogP contribution >= 0.6 is 0 Å². The van der Waals surface area contributed by atoms with Gasteiger partial charge in [-0.3, -0.25) is 29.3 Å². The fourth-order valence-electron chi connectivity index (χ4n) is 4.42. The molecule has 44 heavy (non-hydrogen) atoms. The molecule has 1 atom stereocenters. The average Bonchev–Trinajstić information content (AvgIpc) is 2.99. The molecule has 3 aromatic rings. The van der Waals surface area contributed by atoms with E-state index in [1.165, 1.54) is 76.6 Å². The number of hydrogen-bond donors (Lipinski definition) is 0. The third-order valence-corrected chi connectivity index (χ3v) is 6.35. The van der Waals surface area contributed by atoms with E-state index in [1.807, 2.05) is 0 Å². The fraction of sp³-hybridized carbons (Fsp3) is 0.212. The summed E-state index contributed by atoms with van der Waals surface area (Å²) in [5.41, 5.74) is 1.45. The van der Waals surface area contributed by atoms with E-state index in [4.69, 9.17) is 18.9 Å². The van der Waals surface area contributed by atoms with Crippen LogP contribution in [0, 0.1) is 16.0 Å². The van der Waals surface area contributed by atoms with Gasteiger partial charge in [-0.15, -0.1) is 0 Å². The predicted octanol–water partition coefficient (Wildman–Crippen LogP) is 5.10. The molecular weight excluding hydrogens is 570 g/mol. The molecule has 0 aliphatic heterocycles. The Kier molecular flexibility index (Phi) is 11.7. The van der Waals surface area contributed by atoms with Gasteiger partial charge < -0.3 is 18.9 Å².